The summed E-state index contributed by atoms with van der Waals surface area (Å²) in [6, 6.07) is 1.97. The molecule has 2 fully saturated rings. The minimum atomic E-state index is -0.00276. The van der Waals surface area contributed by atoms with Gasteiger partial charge in [0.15, 0.2) is 0 Å². The molecule has 0 unspecified atom stereocenters. The normalized spacial score (nSPS) is 23.9. The van der Waals surface area contributed by atoms with Crippen molar-refractivity contribution in [2.24, 2.45) is 5.92 Å². The van der Waals surface area contributed by atoms with E-state index in [0.717, 1.165) is 44.7 Å². The van der Waals surface area contributed by atoms with Crippen molar-refractivity contribution < 1.29 is 9.59 Å². The number of hydrogen-bond donors (Lipinski definition) is 2. The van der Waals surface area contributed by atoms with E-state index in [2.05, 4.69) is 25.5 Å². The van der Waals surface area contributed by atoms with Crippen LogP contribution in [0.15, 0.2) is 18.5 Å². The molecular formula is C17H26N6O2. The molecule has 0 atom stereocenters. The first-order valence-electron chi connectivity index (χ1n) is 8.96. The van der Waals surface area contributed by atoms with E-state index in [-0.39, 0.29) is 23.9 Å². The standard InChI is InChI=1S/C17H26N6O2/c1-18-15(24)13-3-5-14(6-4-13)21-17(25)23-11-9-22(10-12-23)16-19-7-2-8-20-16/h2,7-8,13-14H,3-6,9-12H2,1H3,(H,18,24)(H,21,25). The monoisotopic (exact) mass is 346 g/mol. The van der Waals surface area contributed by atoms with Crippen molar-refractivity contribution >= 4 is 17.9 Å². The van der Waals surface area contributed by atoms with Crippen molar-refractivity contribution in [2.45, 2.75) is 31.7 Å². The molecule has 1 aromatic rings. The van der Waals surface area contributed by atoms with E-state index in [9.17, 15) is 9.59 Å². The number of piperazine rings is 1. The molecular weight excluding hydrogens is 320 g/mol. The second-order valence-corrected chi connectivity index (χ2v) is 6.64. The molecule has 0 radical (unpaired) electrons. The molecule has 136 valence electrons. The number of carbonyl (C=O) groups is 2. The van der Waals surface area contributed by atoms with E-state index in [1.165, 1.54) is 0 Å². The van der Waals surface area contributed by atoms with Gasteiger partial charge >= 0.3 is 6.03 Å². The minimum absolute atomic E-state index is 0.00276. The highest BCUT2D eigenvalue weighted by Crippen LogP contribution is 2.24. The molecule has 0 aromatic carbocycles. The molecule has 3 amide bonds. The van der Waals surface area contributed by atoms with Crippen LogP contribution in [-0.4, -0.2) is 66.1 Å². The molecule has 25 heavy (non-hydrogen) atoms. The second-order valence-electron chi connectivity index (χ2n) is 6.64. The number of anilines is 1. The molecule has 1 saturated carbocycles. The Hall–Kier alpha value is -2.38. The SMILES string of the molecule is CNC(=O)C1CCC(NC(=O)N2CCN(c3ncccn3)CC2)CC1. The lowest BCUT2D eigenvalue weighted by Crippen LogP contribution is -2.54. The van der Waals surface area contributed by atoms with Crippen LogP contribution in [0.25, 0.3) is 0 Å². The largest absolute Gasteiger partial charge is 0.359 e. The Kier molecular flexibility index (Phi) is 5.67. The molecule has 1 aromatic heterocycles. The van der Waals surface area contributed by atoms with Gasteiger partial charge in [-0.1, -0.05) is 0 Å². The zero-order chi connectivity index (χ0) is 17.6. The average Bonchev–Trinajstić information content (AvgIpc) is 2.68. The first-order valence-corrected chi connectivity index (χ1v) is 8.96. The van der Waals surface area contributed by atoms with Crippen LogP contribution in [0.3, 0.4) is 0 Å². The predicted octanol–water partition coefficient (Wildman–Crippen LogP) is 0.613. The van der Waals surface area contributed by atoms with Crippen LogP contribution in [0.2, 0.25) is 0 Å². The van der Waals surface area contributed by atoms with Crippen LogP contribution < -0.4 is 15.5 Å². The van der Waals surface area contributed by atoms with E-state index in [4.69, 9.17) is 0 Å². The van der Waals surface area contributed by atoms with Gasteiger partial charge in [-0.05, 0) is 31.7 Å². The van der Waals surface area contributed by atoms with Gasteiger partial charge in [-0.2, -0.15) is 0 Å². The molecule has 0 spiro atoms. The number of aromatic nitrogens is 2. The Labute approximate surface area is 148 Å². The third-order valence-corrected chi connectivity index (χ3v) is 5.07. The molecule has 8 heteroatoms. The van der Waals surface area contributed by atoms with E-state index < -0.39 is 0 Å². The van der Waals surface area contributed by atoms with Crippen LogP contribution >= 0.6 is 0 Å². The van der Waals surface area contributed by atoms with E-state index in [0.29, 0.717) is 13.1 Å². The lowest BCUT2D eigenvalue weighted by Gasteiger charge is -2.36. The Bertz CT molecular complexity index is 580. The molecule has 3 rings (SSSR count). The van der Waals surface area contributed by atoms with Gasteiger partial charge in [-0.25, -0.2) is 14.8 Å². The van der Waals surface area contributed by atoms with Crippen LogP contribution in [0, 0.1) is 5.92 Å². The fourth-order valence-electron chi connectivity index (χ4n) is 3.53. The van der Waals surface area contributed by atoms with Crippen molar-refractivity contribution in [1.82, 2.24) is 25.5 Å². The van der Waals surface area contributed by atoms with Crippen LogP contribution in [0.1, 0.15) is 25.7 Å². The lowest BCUT2D eigenvalue weighted by molar-refractivity contribution is -0.125. The number of urea groups is 1. The lowest BCUT2D eigenvalue weighted by atomic mass is 9.85. The summed E-state index contributed by atoms with van der Waals surface area (Å²) in [5.74, 6) is 0.923. The van der Waals surface area contributed by atoms with Crippen LogP contribution in [-0.2, 0) is 4.79 Å². The maximum absolute atomic E-state index is 12.5. The topological polar surface area (TPSA) is 90.5 Å². The zero-order valence-electron chi connectivity index (χ0n) is 14.6. The van der Waals surface area contributed by atoms with Gasteiger partial charge in [0.2, 0.25) is 11.9 Å². The van der Waals surface area contributed by atoms with Crippen molar-refractivity contribution in [3.05, 3.63) is 18.5 Å². The summed E-state index contributed by atoms with van der Waals surface area (Å²) in [6.07, 6.45) is 6.86. The van der Waals surface area contributed by atoms with Gasteiger partial charge in [0.05, 0.1) is 0 Å². The number of nitrogens with one attached hydrogen (secondary N) is 2. The molecule has 8 nitrogen and oxygen atoms in total. The van der Waals surface area contributed by atoms with Gasteiger partial charge in [0, 0.05) is 57.6 Å². The summed E-state index contributed by atoms with van der Waals surface area (Å²) in [5.41, 5.74) is 0. The van der Waals surface area contributed by atoms with Crippen molar-refractivity contribution in [1.29, 1.82) is 0 Å². The third-order valence-electron chi connectivity index (χ3n) is 5.07. The molecule has 1 aliphatic carbocycles. The first kappa shape index (κ1) is 17.4. The van der Waals surface area contributed by atoms with Gasteiger partial charge < -0.3 is 20.4 Å². The molecule has 0 bridgehead atoms. The van der Waals surface area contributed by atoms with Gasteiger partial charge in [0.25, 0.3) is 0 Å². The zero-order valence-corrected chi connectivity index (χ0v) is 14.6. The maximum Gasteiger partial charge on any atom is 0.317 e. The smallest absolute Gasteiger partial charge is 0.317 e. The summed E-state index contributed by atoms with van der Waals surface area (Å²) in [4.78, 5) is 36.6. The van der Waals surface area contributed by atoms with E-state index in [1.54, 1.807) is 25.5 Å². The number of hydrogen-bond acceptors (Lipinski definition) is 5. The number of carbonyl (C=O) groups excluding carboxylic acids is 2. The Balaban J connectivity index is 1.42. The van der Waals surface area contributed by atoms with Gasteiger partial charge in [0.1, 0.15) is 0 Å². The number of amides is 3. The Morgan fingerprint density at radius 3 is 2.28 bits per heavy atom. The van der Waals surface area contributed by atoms with Crippen molar-refractivity contribution in [3.8, 4) is 0 Å². The van der Waals surface area contributed by atoms with Gasteiger partial charge in [-0.3, -0.25) is 4.79 Å². The predicted molar refractivity (Wildman–Crippen MR) is 94.2 cm³/mol. The van der Waals surface area contributed by atoms with Gasteiger partial charge in [-0.15, -0.1) is 0 Å². The Morgan fingerprint density at radius 1 is 1.04 bits per heavy atom. The molecule has 2 aliphatic rings. The second kappa shape index (κ2) is 8.13. The minimum Gasteiger partial charge on any atom is -0.359 e. The van der Waals surface area contributed by atoms with E-state index >= 15 is 0 Å². The summed E-state index contributed by atoms with van der Waals surface area (Å²) < 4.78 is 0. The summed E-state index contributed by atoms with van der Waals surface area (Å²) >= 11 is 0. The third kappa shape index (κ3) is 4.37. The fourth-order valence-corrected chi connectivity index (χ4v) is 3.53. The number of rotatable bonds is 3. The fraction of sp³-hybridized carbons (Fsp3) is 0.647. The highest BCUT2D eigenvalue weighted by Gasteiger charge is 2.28. The summed E-state index contributed by atoms with van der Waals surface area (Å²) in [6.45, 7) is 2.80. The molecule has 2 N–H and O–H groups in total. The highest BCUT2D eigenvalue weighted by atomic mass is 16.2. The average molecular weight is 346 g/mol. The summed E-state index contributed by atoms with van der Waals surface area (Å²) in [5, 5.41) is 5.84. The van der Waals surface area contributed by atoms with Crippen LogP contribution in [0.5, 0.6) is 0 Å². The highest BCUT2D eigenvalue weighted by molar-refractivity contribution is 5.78. The van der Waals surface area contributed by atoms with E-state index in [1.807, 2.05) is 4.90 Å². The molecule has 1 aliphatic heterocycles. The first-order chi connectivity index (χ1) is 12.2. The molecule has 1 saturated heterocycles. The number of nitrogens with zero attached hydrogens (tertiary/aromatic N) is 4. The Morgan fingerprint density at radius 2 is 1.68 bits per heavy atom. The maximum atomic E-state index is 12.5. The van der Waals surface area contributed by atoms with Crippen molar-refractivity contribution in [2.75, 3.05) is 38.1 Å². The van der Waals surface area contributed by atoms with Crippen molar-refractivity contribution in [3.63, 3.8) is 0 Å². The quantitative estimate of drug-likeness (QED) is 0.837. The van der Waals surface area contributed by atoms with Crippen LogP contribution in [0.4, 0.5) is 10.7 Å². The summed E-state index contributed by atoms with van der Waals surface area (Å²) in [7, 11) is 1.68. The molecule has 2 heterocycles.